The predicted molar refractivity (Wildman–Crippen MR) is 331 cm³/mol. The number of unbranched alkanes of at least 4 members (excludes halogenated alkanes) is 39. The third-order valence-electron chi connectivity index (χ3n) is 14.9. The van der Waals surface area contributed by atoms with E-state index in [4.69, 9.17) is 37.0 Å². The second kappa shape index (κ2) is 59.0. The standard InChI is InChI=1S/C64H124O17P2/c1-5-9-13-17-21-25-27-28-29-30-32-35-39-43-47-51-64(69)81-60(55-75-62(67)49-45-41-37-34-31-26-22-18-14-10-6-2)57-79-83(72,73)77-53-58(65)52-76-82(70,71)78-56-59(54-74-61(66)48-44-40-36-24-20-16-12-8-4)80-63(68)50-46-42-38-33-23-19-15-11-7-3/h58-60,65H,5-57H2,1-4H3,(H,70,71)(H,72,73)/t58-,59+,60+/m0/s1. The van der Waals surface area contributed by atoms with Gasteiger partial charge in [0.05, 0.1) is 26.4 Å². The Balaban J connectivity index is 5.20. The van der Waals surface area contributed by atoms with Gasteiger partial charge < -0.3 is 33.8 Å². The Hall–Kier alpha value is -1.94. The molecule has 0 aliphatic rings. The van der Waals surface area contributed by atoms with Crippen LogP contribution in [-0.4, -0.2) is 96.7 Å². The normalized spacial score (nSPS) is 14.2. The van der Waals surface area contributed by atoms with E-state index in [9.17, 15) is 43.2 Å². The molecular formula is C64H124O17P2. The largest absolute Gasteiger partial charge is 0.472 e. The molecule has 492 valence electrons. The van der Waals surface area contributed by atoms with Gasteiger partial charge in [-0.2, -0.15) is 0 Å². The van der Waals surface area contributed by atoms with Crippen molar-refractivity contribution in [2.75, 3.05) is 39.6 Å². The average Bonchev–Trinajstić information content (AvgIpc) is 3.46. The molecule has 17 nitrogen and oxygen atoms in total. The molecule has 0 fully saturated rings. The van der Waals surface area contributed by atoms with Crippen LogP contribution >= 0.6 is 15.6 Å². The van der Waals surface area contributed by atoms with Gasteiger partial charge in [0.2, 0.25) is 0 Å². The topological polar surface area (TPSA) is 237 Å². The molecule has 0 aromatic heterocycles. The van der Waals surface area contributed by atoms with E-state index in [2.05, 4.69) is 27.7 Å². The van der Waals surface area contributed by atoms with Crippen molar-refractivity contribution in [3.63, 3.8) is 0 Å². The van der Waals surface area contributed by atoms with Gasteiger partial charge in [0, 0.05) is 25.7 Å². The fourth-order valence-corrected chi connectivity index (χ4v) is 11.2. The third-order valence-corrected chi connectivity index (χ3v) is 16.8. The summed E-state index contributed by atoms with van der Waals surface area (Å²) in [6.45, 7) is 4.86. The lowest BCUT2D eigenvalue weighted by Crippen LogP contribution is -2.30. The molecule has 0 saturated heterocycles. The van der Waals surface area contributed by atoms with E-state index in [-0.39, 0.29) is 25.7 Å². The van der Waals surface area contributed by atoms with Gasteiger partial charge in [0.25, 0.3) is 0 Å². The van der Waals surface area contributed by atoms with Crippen LogP contribution in [0.2, 0.25) is 0 Å². The van der Waals surface area contributed by atoms with E-state index in [0.29, 0.717) is 25.7 Å². The molecule has 83 heavy (non-hydrogen) atoms. The number of carbonyl (C=O) groups is 4. The summed E-state index contributed by atoms with van der Waals surface area (Å²) in [6.07, 6.45) is 44.4. The summed E-state index contributed by atoms with van der Waals surface area (Å²) in [5, 5.41) is 10.5. The highest BCUT2D eigenvalue weighted by molar-refractivity contribution is 7.47. The number of rotatable bonds is 65. The van der Waals surface area contributed by atoms with Crippen LogP contribution in [0.1, 0.15) is 329 Å². The van der Waals surface area contributed by atoms with Gasteiger partial charge in [0.1, 0.15) is 19.3 Å². The van der Waals surface area contributed by atoms with E-state index in [1.807, 2.05) is 0 Å². The number of esters is 4. The molecule has 0 rings (SSSR count). The maximum absolute atomic E-state index is 13.0. The lowest BCUT2D eigenvalue weighted by molar-refractivity contribution is -0.161. The lowest BCUT2D eigenvalue weighted by Gasteiger charge is -2.21. The van der Waals surface area contributed by atoms with Crippen molar-refractivity contribution in [3.8, 4) is 0 Å². The van der Waals surface area contributed by atoms with Crippen molar-refractivity contribution < 1.29 is 80.2 Å². The Kier molecular flexibility index (Phi) is 57.7. The van der Waals surface area contributed by atoms with Gasteiger partial charge in [-0.05, 0) is 25.7 Å². The molecule has 0 saturated carbocycles. The molecule has 0 radical (unpaired) electrons. The minimum atomic E-state index is -4.94. The summed E-state index contributed by atoms with van der Waals surface area (Å²) in [5.41, 5.74) is 0. The van der Waals surface area contributed by atoms with Crippen LogP contribution in [-0.2, 0) is 65.4 Å². The number of hydrogen-bond acceptors (Lipinski definition) is 15. The first-order valence-corrected chi connectivity index (χ1v) is 36.8. The van der Waals surface area contributed by atoms with Crippen LogP contribution in [0.15, 0.2) is 0 Å². The van der Waals surface area contributed by atoms with Crippen molar-refractivity contribution in [2.45, 2.75) is 348 Å². The number of hydrogen-bond donors (Lipinski definition) is 3. The van der Waals surface area contributed by atoms with Crippen LogP contribution < -0.4 is 0 Å². The van der Waals surface area contributed by atoms with Gasteiger partial charge in [0.15, 0.2) is 12.2 Å². The van der Waals surface area contributed by atoms with Crippen molar-refractivity contribution in [1.82, 2.24) is 0 Å². The molecule has 0 spiro atoms. The summed E-state index contributed by atoms with van der Waals surface area (Å²) < 4.78 is 67.9. The van der Waals surface area contributed by atoms with E-state index < -0.39 is 97.5 Å². The smallest absolute Gasteiger partial charge is 0.462 e. The fourth-order valence-electron chi connectivity index (χ4n) is 9.63. The molecule has 0 aliphatic carbocycles. The molecule has 0 aliphatic heterocycles. The van der Waals surface area contributed by atoms with Gasteiger partial charge in [-0.1, -0.05) is 278 Å². The van der Waals surface area contributed by atoms with E-state index >= 15 is 0 Å². The first kappa shape index (κ1) is 81.1. The number of aliphatic hydroxyl groups excluding tert-OH is 1. The molecule has 3 N–H and O–H groups in total. The number of aliphatic hydroxyl groups is 1. The molecule has 19 heteroatoms. The quantitative estimate of drug-likeness (QED) is 0.0222. The van der Waals surface area contributed by atoms with E-state index in [1.165, 1.54) is 154 Å². The van der Waals surface area contributed by atoms with Gasteiger partial charge >= 0.3 is 39.5 Å². The Bertz CT molecular complexity index is 1600. The first-order valence-electron chi connectivity index (χ1n) is 33.8. The van der Waals surface area contributed by atoms with Crippen LogP contribution in [0.5, 0.6) is 0 Å². The number of phosphoric ester groups is 2. The number of carbonyl (C=O) groups excluding carboxylic acids is 4. The molecule has 2 unspecified atom stereocenters. The number of ether oxygens (including phenoxy) is 4. The average molecular weight is 1230 g/mol. The van der Waals surface area contributed by atoms with Crippen LogP contribution in [0.25, 0.3) is 0 Å². The Morgan fingerprint density at radius 2 is 0.482 bits per heavy atom. The van der Waals surface area contributed by atoms with Gasteiger partial charge in [-0.25, -0.2) is 9.13 Å². The van der Waals surface area contributed by atoms with E-state index in [0.717, 1.165) is 96.3 Å². The van der Waals surface area contributed by atoms with Crippen molar-refractivity contribution in [2.24, 2.45) is 0 Å². The van der Waals surface area contributed by atoms with Gasteiger partial charge in [-0.15, -0.1) is 0 Å². The summed E-state index contributed by atoms with van der Waals surface area (Å²) in [4.78, 5) is 72.1. The second-order valence-corrected chi connectivity index (χ2v) is 26.1. The molecule has 0 bridgehead atoms. The van der Waals surface area contributed by atoms with Crippen LogP contribution in [0.4, 0.5) is 0 Å². The minimum Gasteiger partial charge on any atom is -0.462 e. The first-order chi connectivity index (χ1) is 40.2. The molecule has 0 amide bonds. The fraction of sp³-hybridized carbons (Fsp3) is 0.938. The Labute approximate surface area is 505 Å². The zero-order valence-electron chi connectivity index (χ0n) is 53.2. The van der Waals surface area contributed by atoms with Gasteiger partial charge in [-0.3, -0.25) is 37.3 Å². The zero-order valence-corrected chi connectivity index (χ0v) is 54.9. The van der Waals surface area contributed by atoms with E-state index in [1.54, 1.807) is 0 Å². The molecule has 0 heterocycles. The second-order valence-electron chi connectivity index (χ2n) is 23.2. The SMILES string of the molecule is CCCCCCCCCCCCCCCCCC(=O)O[C@H](COC(=O)CCCCCCCCCCCCC)COP(=O)(O)OC[C@@H](O)COP(=O)(O)OC[C@@H](COC(=O)CCCCCCCCCC)OC(=O)CCCCCCCCCCC. The predicted octanol–water partition coefficient (Wildman–Crippen LogP) is 17.9. The lowest BCUT2D eigenvalue weighted by atomic mass is 10.0. The maximum Gasteiger partial charge on any atom is 0.472 e. The van der Waals surface area contributed by atoms with Crippen molar-refractivity contribution in [1.29, 1.82) is 0 Å². The van der Waals surface area contributed by atoms with Crippen LogP contribution in [0, 0.1) is 0 Å². The molecule has 0 aromatic rings. The van der Waals surface area contributed by atoms with Crippen molar-refractivity contribution in [3.05, 3.63) is 0 Å². The van der Waals surface area contributed by atoms with Crippen molar-refractivity contribution >= 4 is 39.5 Å². The summed E-state index contributed by atoms with van der Waals surface area (Å²) >= 11 is 0. The molecular weight excluding hydrogens is 1100 g/mol. The Morgan fingerprint density at radius 3 is 0.711 bits per heavy atom. The summed E-state index contributed by atoms with van der Waals surface area (Å²) in [5.74, 6) is -2.13. The molecule has 5 atom stereocenters. The van der Waals surface area contributed by atoms with Crippen LogP contribution in [0.3, 0.4) is 0 Å². The highest BCUT2D eigenvalue weighted by Crippen LogP contribution is 2.45. The highest BCUT2D eigenvalue weighted by Gasteiger charge is 2.30. The summed E-state index contributed by atoms with van der Waals surface area (Å²) in [6, 6.07) is 0. The zero-order chi connectivity index (χ0) is 61.2. The highest BCUT2D eigenvalue weighted by atomic mass is 31.2. The Morgan fingerprint density at radius 1 is 0.289 bits per heavy atom. The minimum absolute atomic E-state index is 0.106. The molecule has 0 aromatic carbocycles. The monoisotopic (exact) mass is 1230 g/mol. The third kappa shape index (κ3) is 58.8. The maximum atomic E-state index is 13.0. The summed E-state index contributed by atoms with van der Waals surface area (Å²) in [7, 11) is -9.88. The number of phosphoric acid groups is 2.